The first-order chi connectivity index (χ1) is 5.31. The Morgan fingerprint density at radius 3 is 2.15 bits per heavy atom. The van der Waals surface area contributed by atoms with Crippen LogP contribution in [0.15, 0.2) is 0 Å². The molecule has 6 nitrogen and oxygen atoms in total. The van der Waals surface area contributed by atoms with Gasteiger partial charge in [-0.15, -0.1) is 0 Å². The maximum atomic E-state index is 10.5. The molecule has 72 valence electrons. The van der Waals surface area contributed by atoms with Gasteiger partial charge in [-0.05, 0) is 0 Å². The minimum Gasteiger partial charge on any atom is -1.00 e. The van der Waals surface area contributed by atoms with E-state index < -0.39 is 34.9 Å². The molecule has 1 N–H and O–H groups in total. The number of carboxylic acid groups (broad SMARTS) is 1. The Morgan fingerprint density at radius 2 is 1.85 bits per heavy atom. The van der Waals surface area contributed by atoms with E-state index in [1.807, 2.05) is 0 Å². The number of aliphatic carboxylic acids is 1. The molecule has 13 heavy (non-hydrogen) atoms. The largest absolute Gasteiger partial charge is 1.00 e. The monoisotopic (exact) mass is 220 g/mol. The average Bonchev–Trinajstić information content (AvgIpc) is 1.79. The van der Waals surface area contributed by atoms with Crippen LogP contribution in [0, 0.1) is 0 Å². The zero-order valence-corrected chi connectivity index (χ0v) is 10.1. The van der Waals surface area contributed by atoms with Gasteiger partial charge in [-0.25, -0.2) is 0 Å². The molecule has 0 atom stereocenters. The van der Waals surface area contributed by atoms with Crippen molar-refractivity contribution in [2.24, 2.45) is 0 Å². The van der Waals surface area contributed by atoms with Crippen molar-refractivity contribution < 1.29 is 58.3 Å². The molecule has 0 spiro atoms. The first-order valence-corrected chi connectivity index (χ1v) is 4.77. The van der Waals surface area contributed by atoms with Crippen molar-refractivity contribution in [1.29, 1.82) is 0 Å². The van der Waals surface area contributed by atoms with Gasteiger partial charge in [0.25, 0.3) is 0 Å². The summed E-state index contributed by atoms with van der Waals surface area (Å²) in [5, 5.41) is 8.10. The molecular weight excluding hydrogens is 211 g/mol. The summed E-state index contributed by atoms with van der Waals surface area (Å²) >= 11 is 0. The molecule has 0 aliphatic rings. The number of carbonyl (C=O) groups excluding carboxylic acids is 1. The molecule has 0 aromatic heterocycles. The summed E-state index contributed by atoms with van der Waals surface area (Å²) in [7, 11) is -3.81. The predicted molar refractivity (Wildman–Crippen MR) is 38.9 cm³/mol. The SMILES string of the molecule is CS(=O)(=O)OC(=O)CCC(=O)O.[H-].[Na+]. The van der Waals surface area contributed by atoms with E-state index in [4.69, 9.17) is 5.11 Å². The Balaban J connectivity index is -0.000000605. The average molecular weight is 220 g/mol. The summed E-state index contributed by atoms with van der Waals surface area (Å²) in [5.74, 6) is -2.24. The molecule has 0 saturated carbocycles. The van der Waals surface area contributed by atoms with Gasteiger partial charge in [0.1, 0.15) is 0 Å². The molecule has 0 radical (unpaired) electrons. The first-order valence-electron chi connectivity index (χ1n) is 2.95. The quantitative estimate of drug-likeness (QED) is 0.389. The van der Waals surface area contributed by atoms with Gasteiger partial charge in [0.2, 0.25) is 0 Å². The molecule has 0 aliphatic carbocycles. The van der Waals surface area contributed by atoms with E-state index in [9.17, 15) is 18.0 Å². The zero-order valence-electron chi connectivity index (χ0n) is 8.31. The Morgan fingerprint density at radius 1 is 1.38 bits per heavy atom. The Kier molecular flexibility index (Phi) is 7.52. The molecule has 0 heterocycles. The van der Waals surface area contributed by atoms with Crippen molar-refractivity contribution in [2.45, 2.75) is 12.8 Å². The van der Waals surface area contributed by atoms with E-state index in [0.717, 1.165) is 0 Å². The van der Waals surface area contributed by atoms with E-state index in [1.165, 1.54) is 0 Å². The van der Waals surface area contributed by atoms with Crippen LogP contribution in [0.3, 0.4) is 0 Å². The van der Waals surface area contributed by atoms with Gasteiger partial charge in [0, 0.05) is 0 Å². The topological polar surface area (TPSA) is 97.7 Å². The van der Waals surface area contributed by atoms with E-state index >= 15 is 0 Å². The number of carbonyl (C=O) groups is 2. The van der Waals surface area contributed by atoms with Gasteiger partial charge >= 0.3 is 51.6 Å². The van der Waals surface area contributed by atoms with Crippen LogP contribution in [0.4, 0.5) is 0 Å². The molecular formula is C5H9NaO6S. The fourth-order valence-corrected chi connectivity index (χ4v) is 0.841. The van der Waals surface area contributed by atoms with Gasteiger partial charge in [0.15, 0.2) is 0 Å². The first kappa shape index (κ1) is 15.4. The third kappa shape index (κ3) is 11.9. The van der Waals surface area contributed by atoms with Gasteiger partial charge in [-0.2, -0.15) is 8.42 Å². The molecule has 0 unspecified atom stereocenters. The Hall–Kier alpha value is -0.110. The van der Waals surface area contributed by atoms with Crippen LogP contribution in [-0.2, 0) is 23.9 Å². The maximum Gasteiger partial charge on any atom is 1.00 e. The van der Waals surface area contributed by atoms with Crippen LogP contribution in [0.2, 0.25) is 0 Å². The summed E-state index contributed by atoms with van der Waals surface area (Å²) in [4.78, 5) is 20.4. The molecule has 0 aromatic carbocycles. The minimum absolute atomic E-state index is 0. The van der Waals surface area contributed by atoms with Crippen molar-refractivity contribution in [1.82, 2.24) is 0 Å². The normalized spacial score (nSPS) is 9.92. The van der Waals surface area contributed by atoms with Crippen molar-refractivity contribution in [3.8, 4) is 0 Å². The van der Waals surface area contributed by atoms with Crippen molar-refractivity contribution in [3.63, 3.8) is 0 Å². The Labute approximate surface area is 99.2 Å². The summed E-state index contributed by atoms with van der Waals surface area (Å²) in [5.41, 5.74) is 0. The van der Waals surface area contributed by atoms with Crippen LogP contribution < -0.4 is 29.6 Å². The molecule has 0 saturated heterocycles. The second-order valence-electron chi connectivity index (χ2n) is 2.05. The standard InChI is InChI=1S/C5H8O6S.Na.H/c1-12(9,10)11-5(8)3-2-4(6)7;;/h2-3H2,1H3,(H,6,7);;/q;+1;-1. The van der Waals surface area contributed by atoms with Gasteiger partial charge in [-0.3, -0.25) is 9.59 Å². The molecule has 0 aliphatic heterocycles. The third-order valence-electron chi connectivity index (χ3n) is 0.787. The van der Waals surface area contributed by atoms with Crippen LogP contribution in [0.25, 0.3) is 0 Å². The summed E-state index contributed by atoms with van der Waals surface area (Å²) in [6.45, 7) is 0. The summed E-state index contributed by atoms with van der Waals surface area (Å²) in [6.07, 6.45) is -0.164. The number of hydrogen-bond acceptors (Lipinski definition) is 5. The second kappa shape index (κ2) is 6.36. The minimum atomic E-state index is -3.81. The van der Waals surface area contributed by atoms with Crippen LogP contribution in [0.1, 0.15) is 14.3 Å². The zero-order chi connectivity index (χ0) is 9.78. The van der Waals surface area contributed by atoms with Gasteiger partial charge in [-0.1, -0.05) is 0 Å². The molecule has 0 aromatic rings. The molecule has 0 rings (SSSR count). The van der Waals surface area contributed by atoms with E-state index in [2.05, 4.69) is 4.18 Å². The fourth-order valence-electron chi connectivity index (χ4n) is 0.419. The molecule has 8 heteroatoms. The number of carboxylic acids is 1. The summed E-state index contributed by atoms with van der Waals surface area (Å²) in [6, 6.07) is 0. The van der Waals surface area contributed by atoms with Crippen LogP contribution in [-0.4, -0.2) is 31.7 Å². The summed E-state index contributed by atoms with van der Waals surface area (Å²) < 4.78 is 24.4. The van der Waals surface area contributed by atoms with E-state index in [-0.39, 0.29) is 31.0 Å². The van der Waals surface area contributed by atoms with Gasteiger partial charge < -0.3 is 10.7 Å². The van der Waals surface area contributed by atoms with Crippen LogP contribution in [0.5, 0.6) is 0 Å². The van der Waals surface area contributed by atoms with E-state index in [1.54, 1.807) is 0 Å². The van der Waals surface area contributed by atoms with Crippen molar-refractivity contribution in [3.05, 3.63) is 0 Å². The van der Waals surface area contributed by atoms with Crippen molar-refractivity contribution >= 4 is 22.1 Å². The molecule has 0 bridgehead atoms. The van der Waals surface area contributed by atoms with Gasteiger partial charge in [0.05, 0.1) is 19.1 Å². The van der Waals surface area contributed by atoms with Crippen molar-refractivity contribution in [2.75, 3.05) is 6.26 Å². The molecule has 0 amide bonds. The predicted octanol–water partition coefficient (Wildman–Crippen LogP) is -3.53. The van der Waals surface area contributed by atoms with Crippen LogP contribution >= 0.6 is 0 Å². The fraction of sp³-hybridized carbons (Fsp3) is 0.600. The Bertz CT molecular complexity index is 287. The number of hydrogen-bond donors (Lipinski definition) is 1. The van der Waals surface area contributed by atoms with E-state index in [0.29, 0.717) is 6.26 Å². The number of rotatable bonds is 4. The maximum absolute atomic E-state index is 10.5. The third-order valence-corrected chi connectivity index (χ3v) is 1.28. The molecule has 0 fully saturated rings. The smallest absolute Gasteiger partial charge is 1.00 e. The second-order valence-corrected chi connectivity index (χ2v) is 3.63.